The lowest BCUT2D eigenvalue weighted by Crippen LogP contribution is -2.49. The highest BCUT2D eigenvalue weighted by molar-refractivity contribution is 7.89. The molecule has 3 aromatic rings. The number of sulfonamides is 1. The fourth-order valence-corrected chi connectivity index (χ4v) is 5.96. The first-order valence-electron chi connectivity index (χ1n) is 11.5. The molecule has 0 bridgehead atoms. The van der Waals surface area contributed by atoms with Gasteiger partial charge in [0.15, 0.2) is 0 Å². The largest absolute Gasteiger partial charge is 0.398 e. The van der Waals surface area contributed by atoms with Gasteiger partial charge < -0.3 is 16.4 Å². The summed E-state index contributed by atoms with van der Waals surface area (Å²) in [5.41, 5.74) is 5.83. The van der Waals surface area contributed by atoms with E-state index in [-0.39, 0.29) is 22.4 Å². The maximum atomic E-state index is 14.7. The Morgan fingerprint density at radius 2 is 1.78 bits per heavy atom. The number of para-hydroxylation sites is 1. The van der Waals surface area contributed by atoms with Gasteiger partial charge in [-0.15, -0.1) is 11.3 Å². The van der Waals surface area contributed by atoms with Gasteiger partial charge in [0.1, 0.15) is 17.1 Å². The fraction of sp³-hybridized carbons (Fsp3) is 0.360. The first kappa shape index (κ1) is 27.6. The second-order valence-electron chi connectivity index (χ2n) is 8.97. The molecule has 11 heteroatoms. The molecule has 0 radical (unpaired) electrons. The van der Waals surface area contributed by atoms with Crippen LogP contribution in [0.1, 0.15) is 29.9 Å². The smallest absolute Gasteiger partial charge is 0.262 e. The Morgan fingerprint density at radius 3 is 2.44 bits per heavy atom. The van der Waals surface area contributed by atoms with Crippen molar-refractivity contribution in [2.45, 2.75) is 37.4 Å². The zero-order valence-electron chi connectivity index (χ0n) is 20.4. The number of thiophene rings is 1. The van der Waals surface area contributed by atoms with Gasteiger partial charge >= 0.3 is 0 Å². The summed E-state index contributed by atoms with van der Waals surface area (Å²) in [7, 11) is -2.74. The van der Waals surface area contributed by atoms with Crippen molar-refractivity contribution in [3.63, 3.8) is 0 Å². The summed E-state index contributed by atoms with van der Waals surface area (Å²) in [5, 5.41) is 6.21. The molecule has 2 aromatic carbocycles. The molecular weight excluding hydrogens is 503 g/mol. The number of carbonyl (C=O) groups is 2. The third-order valence-corrected chi connectivity index (χ3v) is 8.55. The van der Waals surface area contributed by atoms with Gasteiger partial charge in [0.25, 0.3) is 5.91 Å². The van der Waals surface area contributed by atoms with Crippen LogP contribution < -0.4 is 16.4 Å². The highest BCUT2D eigenvalue weighted by Gasteiger charge is 2.27. The number of fused-ring (bicyclic) bond motifs is 1. The quantitative estimate of drug-likeness (QED) is 0.326. The average Bonchev–Trinajstić information content (AvgIpc) is 3.26. The van der Waals surface area contributed by atoms with Gasteiger partial charge in [-0.1, -0.05) is 44.2 Å². The number of nitrogens with two attached hydrogens (primary N) is 1. The predicted octanol–water partition coefficient (Wildman–Crippen LogP) is 3.40. The first-order valence-corrected chi connectivity index (χ1v) is 13.8. The molecule has 1 heterocycles. The third kappa shape index (κ3) is 6.80. The highest BCUT2D eigenvalue weighted by Crippen LogP contribution is 2.25. The average molecular weight is 535 g/mol. The molecule has 0 aliphatic rings. The summed E-state index contributed by atoms with van der Waals surface area (Å²) >= 11 is 1.33. The molecule has 0 unspecified atom stereocenters. The van der Waals surface area contributed by atoms with E-state index in [1.807, 2.05) is 38.1 Å². The number of hydrogen-bond acceptors (Lipinski definition) is 6. The number of benzene rings is 2. The normalized spacial score (nSPS) is 13.6. The van der Waals surface area contributed by atoms with E-state index in [1.54, 1.807) is 12.1 Å². The predicted molar refractivity (Wildman–Crippen MR) is 141 cm³/mol. The number of anilines is 1. The van der Waals surface area contributed by atoms with E-state index in [0.29, 0.717) is 11.3 Å². The van der Waals surface area contributed by atoms with Crippen LogP contribution in [0.5, 0.6) is 0 Å². The number of amides is 2. The minimum atomic E-state index is -3.99. The van der Waals surface area contributed by atoms with Gasteiger partial charge in [-0.05, 0) is 42.0 Å². The molecule has 36 heavy (non-hydrogen) atoms. The number of nitrogens with one attached hydrogen (secondary N) is 2. The zero-order valence-corrected chi connectivity index (χ0v) is 22.0. The molecule has 4 N–H and O–H groups in total. The Hall–Kier alpha value is -3.02. The maximum Gasteiger partial charge on any atom is 0.262 e. The Morgan fingerprint density at radius 1 is 1.11 bits per heavy atom. The van der Waals surface area contributed by atoms with Crippen LogP contribution in [0.3, 0.4) is 0 Å². The van der Waals surface area contributed by atoms with Gasteiger partial charge in [0, 0.05) is 18.3 Å². The second kappa shape index (κ2) is 11.8. The van der Waals surface area contributed by atoms with Crippen molar-refractivity contribution in [1.29, 1.82) is 0 Å². The fourth-order valence-electron chi connectivity index (χ4n) is 3.69. The molecule has 8 nitrogen and oxygen atoms in total. The van der Waals surface area contributed by atoms with Crippen molar-refractivity contribution in [3.05, 3.63) is 59.5 Å². The van der Waals surface area contributed by atoms with Crippen LogP contribution in [0, 0.1) is 5.92 Å². The molecule has 194 valence electrons. The van der Waals surface area contributed by atoms with Crippen LogP contribution in [0.4, 0.5) is 10.1 Å². The van der Waals surface area contributed by atoms with Crippen molar-refractivity contribution in [1.82, 2.24) is 14.9 Å². The Balaban J connectivity index is 1.60. The van der Waals surface area contributed by atoms with Crippen molar-refractivity contribution in [3.8, 4) is 0 Å². The molecule has 0 spiro atoms. The molecule has 2 atom stereocenters. The van der Waals surface area contributed by atoms with Crippen molar-refractivity contribution >= 4 is 48.9 Å². The lowest BCUT2D eigenvalue weighted by Gasteiger charge is -2.22. The molecule has 0 saturated carbocycles. The van der Waals surface area contributed by atoms with Crippen LogP contribution >= 0.6 is 11.3 Å². The van der Waals surface area contributed by atoms with Crippen LogP contribution in [-0.4, -0.2) is 56.9 Å². The van der Waals surface area contributed by atoms with Gasteiger partial charge in [-0.2, -0.15) is 4.31 Å². The summed E-state index contributed by atoms with van der Waals surface area (Å²) in [6, 6.07) is 14.5. The minimum absolute atomic E-state index is 0.0685. The van der Waals surface area contributed by atoms with Gasteiger partial charge in [-0.25, -0.2) is 12.8 Å². The number of halogens is 1. The van der Waals surface area contributed by atoms with E-state index in [9.17, 15) is 22.4 Å². The van der Waals surface area contributed by atoms with E-state index in [0.717, 1.165) is 14.4 Å². The summed E-state index contributed by atoms with van der Waals surface area (Å²) in [4.78, 5) is 26.0. The van der Waals surface area contributed by atoms with Crippen molar-refractivity contribution in [2.75, 3.05) is 25.9 Å². The molecule has 2 amide bonds. The Bertz CT molecular complexity index is 1290. The number of rotatable bonds is 11. The van der Waals surface area contributed by atoms with E-state index < -0.39 is 41.2 Å². The first-order chi connectivity index (χ1) is 17.0. The second-order valence-corrected chi connectivity index (χ2v) is 12.1. The monoisotopic (exact) mass is 534 g/mol. The van der Waals surface area contributed by atoms with Crippen LogP contribution in [0.2, 0.25) is 0 Å². The lowest BCUT2D eigenvalue weighted by molar-refractivity contribution is -0.123. The zero-order chi connectivity index (χ0) is 26.5. The minimum Gasteiger partial charge on any atom is -0.398 e. The van der Waals surface area contributed by atoms with E-state index in [2.05, 4.69) is 10.6 Å². The van der Waals surface area contributed by atoms with Crippen molar-refractivity contribution < 1.29 is 22.4 Å². The molecule has 0 saturated heterocycles. The standard InChI is InChI=1S/C25H31FN4O4S2/c1-16(2)12-20(29-25(32)22-13-17-8-4-6-10-21(17)35-22)24(31)28-14-18(26)15-30(3)36(33,34)23-11-7-5-9-19(23)27/h4-11,13,16,18,20H,12,14-15,27H2,1-3H3,(H,28,31)(H,29,32)/t18-,20+/m1/s1. The molecule has 0 fully saturated rings. The summed E-state index contributed by atoms with van der Waals surface area (Å²) in [6.45, 7) is 2.95. The third-order valence-electron chi connectivity index (χ3n) is 5.54. The summed E-state index contributed by atoms with van der Waals surface area (Å²) in [6.07, 6.45) is -1.31. The summed E-state index contributed by atoms with van der Waals surface area (Å²) < 4.78 is 42.0. The number of alkyl halides is 1. The molecule has 0 aliphatic heterocycles. The molecule has 0 aliphatic carbocycles. The maximum absolute atomic E-state index is 14.7. The lowest BCUT2D eigenvalue weighted by atomic mass is 10.0. The van der Waals surface area contributed by atoms with Gasteiger partial charge in [0.2, 0.25) is 15.9 Å². The van der Waals surface area contributed by atoms with Gasteiger partial charge in [-0.3, -0.25) is 9.59 Å². The number of hydrogen-bond donors (Lipinski definition) is 3. The van der Waals surface area contributed by atoms with E-state index in [4.69, 9.17) is 5.73 Å². The molecule has 1 aromatic heterocycles. The van der Waals surface area contributed by atoms with E-state index >= 15 is 0 Å². The van der Waals surface area contributed by atoms with Crippen LogP contribution in [-0.2, 0) is 14.8 Å². The Kier molecular flexibility index (Phi) is 9.04. The number of nitrogen functional groups attached to an aromatic ring is 1. The number of carbonyl (C=O) groups excluding carboxylic acids is 2. The van der Waals surface area contributed by atoms with Crippen LogP contribution in [0.15, 0.2) is 59.5 Å². The van der Waals surface area contributed by atoms with Crippen molar-refractivity contribution in [2.24, 2.45) is 5.92 Å². The molecule has 3 rings (SSSR count). The number of nitrogens with zero attached hydrogens (tertiary/aromatic N) is 1. The SMILES string of the molecule is CC(C)C[C@H](NC(=O)c1cc2ccccc2s1)C(=O)NC[C@@H](F)CN(C)S(=O)(=O)c1ccccc1N. The Labute approximate surface area is 214 Å². The summed E-state index contributed by atoms with van der Waals surface area (Å²) in [5.74, 6) is -0.809. The van der Waals surface area contributed by atoms with Gasteiger partial charge in [0.05, 0.1) is 17.1 Å². The highest BCUT2D eigenvalue weighted by atomic mass is 32.2. The van der Waals surface area contributed by atoms with Crippen LogP contribution in [0.25, 0.3) is 10.1 Å². The molecular formula is C25H31FN4O4S2. The topological polar surface area (TPSA) is 122 Å². The van der Waals surface area contributed by atoms with E-state index in [1.165, 1.54) is 36.6 Å².